The standard InChI is InChI=1S/C12H15NO2/c1-9(14)5-6-12-11(8-10(2)15)4-3-7-13-12/h3-4,7H,5-6,8H2,1-2H3. The second kappa shape index (κ2) is 5.39. The van der Waals surface area contributed by atoms with Gasteiger partial charge in [-0.05, 0) is 31.9 Å². The third-order valence-corrected chi connectivity index (χ3v) is 2.14. The number of hydrogen-bond donors (Lipinski definition) is 0. The molecule has 0 saturated heterocycles. The largest absolute Gasteiger partial charge is 0.300 e. The van der Waals surface area contributed by atoms with Gasteiger partial charge in [-0.3, -0.25) is 9.78 Å². The number of ketones is 2. The molecule has 0 aliphatic heterocycles. The molecule has 0 aromatic carbocycles. The molecule has 3 nitrogen and oxygen atoms in total. The lowest BCUT2D eigenvalue weighted by atomic mass is 10.0. The van der Waals surface area contributed by atoms with Crippen molar-refractivity contribution < 1.29 is 9.59 Å². The van der Waals surface area contributed by atoms with E-state index in [4.69, 9.17) is 0 Å². The van der Waals surface area contributed by atoms with E-state index in [1.54, 1.807) is 20.0 Å². The molecule has 0 spiro atoms. The SMILES string of the molecule is CC(=O)CCc1ncccc1CC(C)=O. The molecule has 0 bridgehead atoms. The zero-order chi connectivity index (χ0) is 11.3. The molecule has 1 heterocycles. The lowest BCUT2D eigenvalue weighted by molar-refractivity contribution is -0.117. The van der Waals surface area contributed by atoms with Gasteiger partial charge in [0.05, 0.1) is 0 Å². The fraction of sp³-hybridized carbons (Fsp3) is 0.417. The highest BCUT2D eigenvalue weighted by atomic mass is 16.1. The summed E-state index contributed by atoms with van der Waals surface area (Å²) in [5.74, 6) is 0.265. The topological polar surface area (TPSA) is 47.0 Å². The van der Waals surface area contributed by atoms with Crippen LogP contribution in [0.3, 0.4) is 0 Å². The summed E-state index contributed by atoms with van der Waals surface area (Å²) in [6.45, 7) is 3.12. The Labute approximate surface area is 89.5 Å². The summed E-state index contributed by atoms with van der Waals surface area (Å²) in [5.41, 5.74) is 1.80. The molecule has 1 rings (SSSR count). The normalized spacial score (nSPS) is 10.0. The molecule has 0 amide bonds. The Morgan fingerprint density at radius 3 is 2.60 bits per heavy atom. The van der Waals surface area contributed by atoms with Gasteiger partial charge in [-0.15, -0.1) is 0 Å². The molecule has 0 N–H and O–H groups in total. The first-order valence-corrected chi connectivity index (χ1v) is 5.01. The maximum absolute atomic E-state index is 11.0. The Morgan fingerprint density at radius 2 is 2.00 bits per heavy atom. The highest BCUT2D eigenvalue weighted by Crippen LogP contribution is 2.09. The summed E-state index contributed by atoms with van der Waals surface area (Å²) >= 11 is 0. The van der Waals surface area contributed by atoms with Crippen molar-refractivity contribution in [2.45, 2.75) is 33.1 Å². The van der Waals surface area contributed by atoms with E-state index < -0.39 is 0 Å². The maximum atomic E-state index is 11.0. The van der Waals surface area contributed by atoms with Gasteiger partial charge in [0.25, 0.3) is 0 Å². The van der Waals surface area contributed by atoms with Crippen LogP contribution in [0.2, 0.25) is 0 Å². The molecule has 80 valence electrons. The summed E-state index contributed by atoms with van der Waals surface area (Å²) in [6.07, 6.45) is 3.21. The molecular formula is C12H15NO2. The number of pyridine rings is 1. The fourth-order valence-corrected chi connectivity index (χ4v) is 1.42. The first-order valence-electron chi connectivity index (χ1n) is 5.01. The van der Waals surface area contributed by atoms with E-state index >= 15 is 0 Å². The van der Waals surface area contributed by atoms with Crippen LogP contribution >= 0.6 is 0 Å². The van der Waals surface area contributed by atoms with E-state index in [0.717, 1.165) is 11.3 Å². The van der Waals surface area contributed by atoms with Gasteiger partial charge in [-0.2, -0.15) is 0 Å². The van der Waals surface area contributed by atoms with Crippen LogP contribution in [0.1, 0.15) is 31.5 Å². The molecule has 1 aromatic heterocycles. The van der Waals surface area contributed by atoms with Crippen LogP contribution in [0.15, 0.2) is 18.3 Å². The van der Waals surface area contributed by atoms with Crippen molar-refractivity contribution in [3.8, 4) is 0 Å². The van der Waals surface area contributed by atoms with E-state index in [-0.39, 0.29) is 11.6 Å². The third-order valence-electron chi connectivity index (χ3n) is 2.14. The maximum Gasteiger partial charge on any atom is 0.134 e. The number of Topliss-reactive ketones (excluding diaryl/α,β-unsaturated/α-hetero) is 2. The number of carbonyl (C=O) groups is 2. The van der Waals surface area contributed by atoms with Crippen molar-refractivity contribution in [2.75, 3.05) is 0 Å². The number of nitrogens with zero attached hydrogens (tertiary/aromatic N) is 1. The molecule has 0 fully saturated rings. The van der Waals surface area contributed by atoms with Crippen LogP contribution in [0.25, 0.3) is 0 Å². The molecular weight excluding hydrogens is 190 g/mol. The van der Waals surface area contributed by atoms with Gasteiger partial charge < -0.3 is 4.79 Å². The van der Waals surface area contributed by atoms with Gasteiger partial charge in [0.1, 0.15) is 11.6 Å². The molecule has 3 heteroatoms. The van der Waals surface area contributed by atoms with Gasteiger partial charge in [0.15, 0.2) is 0 Å². The van der Waals surface area contributed by atoms with Gasteiger partial charge in [-0.25, -0.2) is 0 Å². The summed E-state index contributed by atoms with van der Waals surface area (Å²) in [5, 5.41) is 0. The van der Waals surface area contributed by atoms with Crippen molar-refractivity contribution in [3.05, 3.63) is 29.6 Å². The van der Waals surface area contributed by atoms with Gasteiger partial charge in [0, 0.05) is 24.7 Å². The Morgan fingerprint density at radius 1 is 1.27 bits per heavy atom. The van der Waals surface area contributed by atoms with Gasteiger partial charge >= 0.3 is 0 Å². The van der Waals surface area contributed by atoms with Gasteiger partial charge in [0.2, 0.25) is 0 Å². The Balaban J connectivity index is 2.76. The first-order chi connectivity index (χ1) is 7.09. The minimum absolute atomic E-state index is 0.118. The summed E-state index contributed by atoms with van der Waals surface area (Å²) in [6, 6.07) is 3.71. The Bertz CT molecular complexity index is 372. The molecule has 0 radical (unpaired) electrons. The molecule has 0 atom stereocenters. The Hall–Kier alpha value is -1.51. The summed E-state index contributed by atoms with van der Waals surface area (Å²) < 4.78 is 0. The number of rotatable bonds is 5. The van der Waals surface area contributed by atoms with Crippen LogP contribution in [-0.2, 0) is 22.4 Å². The van der Waals surface area contributed by atoms with Crippen molar-refractivity contribution in [3.63, 3.8) is 0 Å². The van der Waals surface area contributed by atoms with E-state index in [1.165, 1.54) is 0 Å². The van der Waals surface area contributed by atoms with Crippen LogP contribution in [0.4, 0.5) is 0 Å². The Kier molecular flexibility index (Phi) is 4.16. The summed E-state index contributed by atoms with van der Waals surface area (Å²) in [7, 11) is 0. The van der Waals surface area contributed by atoms with Crippen LogP contribution in [-0.4, -0.2) is 16.6 Å². The number of hydrogen-bond acceptors (Lipinski definition) is 3. The molecule has 0 aliphatic carbocycles. The average Bonchev–Trinajstić information content (AvgIpc) is 2.15. The van der Waals surface area contributed by atoms with Crippen LogP contribution < -0.4 is 0 Å². The van der Waals surface area contributed by atoms with Crippen LogP contribution in [0, 0.1) is 0 Å². The predicted molar refractivity (Wildman–Crippen MR) is 57.6 cm³/mol. The summed E-state index contributed by atoms with van der Waals surface area (Å²) in [4.78, 5) is 26.1. The first kappa shape index (κ1) is 11.6. The molecule has 15 heavy (non-hydrogen) atoms. The quantitative estimate of drug-likeness (QED) is 0.735. The molecule has 1 aromatic rings. The predicted octanol–water partition coefficient (Wildman–Crippen LogP) is 1.73. The highest BCUT2D eigenvalue weighted by molar-refractivity contribution is 5.78. The zero-order valence-corrected chi connectivity index (χ0v) is 9.12. The van der Waals surface area contributed by atoms with E-state index in [0.29, 0.717) is 19.3 Å². The minimum atomic E-state index is 0.118. The van der Waals surface area contributed by atoms with E-state index in [1.807, 2.05) is 12.1 Å². The van der Waals surface area contributed by atoms with Crippen LogP contribution in [0.5, 0.6) is 0 Å². The van der Waals surface area contributed by atoms with E-state index in [9.17, 15) is 9.59 Å². The fourth-order valence-electron chi connectivity index (χ4n) is 1.42. The van der Waals surface area contributed by atoms with Crippen molar-refractivity contribution in [1.82, 2.24) is 4.98 Å². The van der Waals surface area contributed by atoms with Crippen molar-refractivity contribution in [2.24, 2.45) is 0 Å². The third kappa shape index (κ3) is 4.02. The monoisotopic (exact) mass is 205 g/mol. The highest BCUT2D eigenvalue weighted by Gasteiger charge is 2.06. The second-order valence-electron chi connectivity index (χ2n) is 3.69. The zero-order valence-electron chi connectivity index (χ0n) is 9.12. The molecule has 0 saturated carbocycles. The lowest BCUT2D eigenvalue weighted by Crippen LogP contribution is -2.04. The van der Waals surface area contributed by atoms with Crippen molar-refractivity contribution in [1.29, 1.82) is 0 Å². The van der Waals surface area contributed by atoms with Crippen molar-refractivity contribution >= 4 is 11.6 Å². The average molecular weight is 205 g/mol. The van der Waals surface area contributed by atoms with Gasteiger partial charge in [-0.1, -0.05) is 6.07 Å². The number of aryl methyl sites for hydroxylation is 1. The number of aromatic nitrogens is 1. The smallest absolute Gasteiger partial charge is 0.134 e. The minimum Gasteiger partial charge on any atom is -0.300 e. The lowest BCUT2D eigenvalue weighted by Gasteiger charge is -2.05. The van der Waals surface area contributed by atoms with E-state index in [2.05, 4.69) is 4.98 Å². The molecule has 0 aliphatic rings. The second-order valence-corrected chi connectivity index (χ2v) is 3.69. The number of carbonyl (C=O) groups excluding carboxylic acids is 2. The molecule has 0 unspecified atom stereocenters.